The molecule has 0 radical (unpaired) electrons. The van der Waals surface area contributed by atoms with Gasteiger partial charge < -0.3 is 15.5 Å². The smallest absolute Gasteiger partial charge is 0.254 e. The van der Waals surface area contributed by atoms with Gasteiger partial charge in [-0.25, -0.2) is 0 Å². The second-order valence-corrected chi connectivity index (χ2v) is 5.00. The van der Waals surface area contributed by atoms with Gasteiger partial charge >= 0.3 is 0 Å². The summed E-state index contributed by atoms with van der Waals surface area (Å²) < 4.78 is 0. The van der Waals surface area contributed by atoms with Crippen LogP contribution in [0.25, 0.3) is 0 Å². The van der Waals surface area contributed by atoms with E-state index in [-0.39, 0.29) is 24.3 Å². The zero-order valence-corrected chi connectivity index (χ0v) is 12.2. The lowest BCUT2D eigenvalue weighted by Gasteiger charge is -2.21. The minimum absolute atomic E-state index is 0.0343. The summed E-state index contributed by atoms with van der Waals surface area (Å²) in [5, 5.41) is 5.24. The van der Waals surface area contributed by atoms with Crippen LogP contribution in [0.4, 0.5) is 5.69 Å². The van der Waals surface area contributed by atoms with Crippen LogP contribution < -0.4 is 10.6 Å². The molecule has 2 rings (SSSR count). The Morgan fingerprint density at radius 3 is 2.81 bits per heavy atom. The molecule has 0 atom stereocenters. The molecular formula is C15H19N3O3. The Hall–Kier alpha value is -2.37. The van der Waals surface area contributed by atoms with Crippen LogP contribution in [0.3, 0.4) is 0 Å². The third-order valence-corrected chi connectivity index (χ3v) is 3.38. The Kier molecular flexibility index (Phi) is 4.57. The fourth-order valence-corrected chi connectivity index (χ4v) is 2.30. The minimum atomic E-state index is -0.204. The molecule has 3 amide bonds. The minimum Gasteiger partial charge on any atom is -0.358 e. The van der Waals surface area contributed by atoms with Crippen LogP contribution >= 0.6 is 0 Å². The third kappa shape index (κ3) is 3.39. The van der Waals surface area contributed by atoms with Crippen LogP contribution in [0, 0.1) is 0 Å². The predicted molar refractivity (Wildman–Crippen MR) is 79.0 cm³/mol. The van der Waals surface area contributed by atoms with E-state index in [1.165, 1.54) is 4.90 Å². The first kappa shape index (κ1) is 15.0. The number of fused-ring (bicyclic) bond motifs is 1. The maximum absolute atomic E-state index is 12.5. The van der Waals surface area contributed by atoms with Crippen molar-refractivity contribution in [3.05, 3.63) is 29.3 Å². The molecule has 0 fully saturated rings. The van der Waals surface area contributed by atoms with E-state index in [4.69, 9.17) is 0 Å². The molecule has 0 aliphatic carbocycles. The number of nitrogens with one attached hydrogen (secondary N) is 2. The van der Waals surface area contributed by atoms with Crippen molar-refractivity contribution in [1.82, 2.24) is 10.2 Å². The molecule has 0 spiro atoms. The lowest BCUT2D eigenvalue weighted by atomic mass is 10.1. The molecule has 2 N–H and O–H groups in total. The molecule has 1 aliphatic heterocycles. The van der Waals surface area contributed by atoms with E-state index in [0.717, 1.165) is 12.0 Å². The van der Waals surface area contributed by atoms with Crippen molar-refractivity contribution in [2.75, 3.05) is 25.5 Å². The highest BCUT2D eigenvalue weighted by atomic mass is 16.2. The van der Waals surface area contributed by atoms with Crippen molar-refractivity contribution >= 4 is 23.4 Å². The standard InChI is InChI=1S/C15H19N3O3/c1-3-6-18(9-14(20)16-2)15(21)11-5-4-10-8-13(19)17-12(10)7-11/h4-5,7H,3,6,8-9H2,1-2H3,(H,16,20)(H,17,19). The van der Waals surface area contributed by atoms with E-state index >= 15 is 0 Å². The van der Waals surface area contributed by atoms with Gasteiger partial charge in [-0.3, -0.25) is 14.4 Å². The van der Waals surface area contributed by atoms with Gasteiger partial charge in [0, 0.05) is 24.8 Å². The molecule has 0 unspecified atom stereocenters. The zero-order valence-electron chi connectivity index (χ0n) is 12.2. The van der Waals surface area contributed by atoms with Gasteiger partial charge in [-0.2, -0.15) is 0 Å². The molecular weight excluding hydrogens is 270 g/mol. The first-order valence-corrected chi connectivity index (χ1v) is 6.97. The van der Waals surface area contributed by atoms with Gasteiger partial charge in [0.15, 0.2) is 0 Å². The van der Waals surface area contributed by atoms with E-state index in [1.807, 2.05) is 6.92 Å². The van der Waals surface area contributed by atoms with Crippen molar-refractivity contribution in [1.29, 1.82) is 0 Å². The lowest BCUT2D eigenvalue weighted by Crippen LogP contribution is -2.40. The SMILES string of the molecule is CCCN(CC(=O)NC)C(=O)c1ccc2c(c1)NC(=O)C2. The molecule has 0 aromatic heterocycles. The molecule has 112 valence electrons. The summed E-state index contributed by atoms with van der Waals surface area (Å²) in [6.45, 7) is 2.50. The van der Waals surface area contributed by atoms with Crippen LogP contribution in [0.5, 0.6) is 0 Å². The molecule has 6 nitrogen and oxygen atoms in total. The molecule has 21 heavy (non-hydrogen) atoms. The number of amides is 3. The monoisotopic (exact) mass is 289 g/mol. The van der Waals surface area contributed by atoms with E-state index in [1.54, 1.807) is 25.2 Å². The van der Waals surface area contributed by atoms with Gasteiger partial charge in [0.2, 0.25) is 11.8 Å². The van der Waals surface area contributed by atoms with E-state index in [2.05, 4.69) is 10.6 Å². The lowest BCUT2D eigenvalue weighted by molar-refractivity contribution is -0.121. The van der Waals surface area contributed by atoms with Crippen LogP contribution in [-0.2, 0) is 16.0 Å². The van der Waals surface area contributed by atoms with Gasteiger partial charge in [-0.15, -0.1) is 0 Å². The Bertz CT molecular complexity index is 584. The second-order valence-electron chi connectivity index (χ2n) is 5.00. The van der Waals surface area contributed by atoms with E-state index in [0.29, 0.717) is 24.2 Å². The largest absolute Gasteiger partial charge is 0.358 e. The molecule has 0 bridgehead atoms. The van der Waals surface area contributed by atoms with Gasteiger partial charge in [-0.05, 0) is 24.1 Å². The van der Waals surface area contributed by atoms with Crippen molar-refractivity contribution in [2.24, 2.45) is 0 Å². The van der Waals surface area contributed by atoms with Crippen LogP contribution in [0.15, 0.2) is 18.2 Å². The molecule has 1 aromatic rings. The van der Waals surface area contributed by atoms with Crippen LogP contribution in [0.1, 0.15) is 29.3 Å². The van der Waals surface area contributed by atoms with Crippen molar-refractivity contribution in [2.45, 2.75) is 19.8 Å². The quantitative estimate of drug-likeness (QED) is 0.840. The summed E-state index contributed by atoms with van der Waals surface area (Å²) in [5.41, 5.74) is 2.06. The normalized spacial score (nSPS) is 12.6. The summed E-state index contributed by atoms with van der Waals surface area (Å²) in [6, 6.07) is 5.16. The van der Waals surface area contributed by atoms with Gasteiger partial charge in [0.25, 0.3) is 5.91 Å². The Balaban J connectivity index is 2.19. The fourth-order valence-electron chi connectivity index (χ4n) is 2.30. The van der Waals surface area contributed by atoms with Crippen molar-refractivity contribution < 1.29 is 14.4 Å². The number of benzene rings is 1. The molecule has 1 heterocycles. The number of rotatable bonds is 5. The van der Waals surface area contributed by atoms with E-state index < -0.39 is 0 Å². The first-order chi connectivity index (χ1) is 10.0. The predicted octanol–water partition coefficient (Wildman–Crippen LogP) is 0.779. The molecule has 0 saturated heterocycles. The number of anilines is 1. The summed E-state index contributed by atoms with van der Waals surface area (Å²) in [4.78, 5) is 36.9. The Morgan fingerprint density at radius 2 is 2.14 bits per heavy atom. The number of carbonyl (C=O) groups is 3. The second kappa shape index (κ2) is 6.39. The maximum atomic E-state index is 12.5. The summed E-state index contributed by atoms with van der Waals surface area (Å²) >= 11 is 0. The van der Waals surface area contributed by atoms with Gasteiger partial charge in [0.1, 0.15) is 0 Å². The molecule has 1 aromatic carbocycles. The summed E-state index contributed by atoms with van der Waals surface area (Å²) in [6.07, 6.45) is 1.12. The highest BCUT2D eigenvalue weighted by Crippen LogP contribution is 2.24. The fraction of sp³-hybridized carbons (Fsp3) is 0.400. The average molecular weight is 289 g/mol. The molecule has 1 aliphatic rings. The van der Waals surface area contributed by atoms with E-state index in [9.17, 15) is 14.4 Å². The maximum Gasteiger partial charge on any atom is 0.254 e. The van der Waals surface area contributed by atoms with Crippen molar-refractivity contribution in [3.63, 3.8) is 0 Å². The number of hydrogen-bond acceptors (Lipinski definition) is 3. The van der Waals surface area contributed by atoms with Crippen LogP contribution in [-0.4, -0.2) is 42.8 Å². The summed E-state index contributed by atoms with van der Waals surface area (Å²) in [7, 11) is 1.54. The number of hydrogen-bond donors (Lipinski definition) is 2. The summed E-state index contributed by atoms with van der Waals surface area (Å²) in [5.74, 6) is -0.471. The van der Waals surface area contributed by atoms with Crippen molar-refractivity contribution in [3.8, 4) is 0 Å². The number of carbonyl (C=O) groups excluding carboxylic acids is 3. The van der Waals surface area contributed by atoms with Gasteiger partial charge in [0.05, 0.1) is 13.0 Å². The topological polar surface area (TPSA) is 78.5 Å². The number of nitrogens with zero attached hydrogens (tertiary/aromatic N) is 1. The van der Waals surface area contributed by atoms with Crippen LogP contribution in [0.2, 0.25) is 0 Å². The zero-order chi connectivity index (χ0) is 15.4. The molecule has 6 heteroatoms. The first-order valence-electron chi connectivity index (χ1n) is 6.97. The third-order valence-electron chi connectivity index (χ3n) is 3.38. The Morgan fingerprint density at radius 1 is 1.38 bits per heavy atom. The average Bonchev–Trinajstić information content (AvgIpc) is 2.84. The van der Waals surface area contributed by atoms with Gasteiger partial charge in [-0.1, -0.05) is 13.0 Å². The Labute approximate surface area is 123 Å². The molecule has 0 saturated carbocycles. The number of likely N-dealkylation sites (N-methyl/N-ethyl adjacent to an activating group) is 1. The highest BCUT2D eigenvalue weighted by molar-refractivity contribution is 6.02. The highest BCUT2D eigenvalue weighted by Gasteiger charge is 2.22.